The summed E-state index contributed by atoms with van der Waals surface area (Å²) in [5.74, 6) is -0.167. The molecular weight excluding hydrogens is 338 g/mol. The number of anilines is 1. The van der Waals surface area contributed by atoms with Gasteiger partial charge in [0, 0.05) is 20.3 Å². The van der Waals surface area contributed by atoms with E-state index in [4.69, 9.17) is 11.6 Å². The van der Waals surface area contributed by atoms with Gasteiger partial charge in [0.25, 0.3) is 5.91 Å². The lowest BCUT2D eigenvalue weighted by Crippen LogP contribution is -2.23. The minimum atomic E-state index is -3.65. The minimum absolute atomic E-state index is 0.00563. The summed E-state index contributed by atoms with van der Waals surface area (Å²) in [7, 11) is -0.816. The summed E-state index contributed by atoms with van der Waals surface area (Å²) in [5, 5.41) is 2.75. The van der Waals surface area contributed by atoms with Gasteiger partial charge in [0.1, 0.15) is 5.82 Å². The Balaban J connectivity index is 2.35. The second-order valence-electron chi connectivity index (χ2n) is 5.10. The molecular formula is C15H16ClN3O3S. The Labute approximate surface area is 140 Å². The molecule has 8 heteroatoms. The van der Waals surface area contributed by atoms with Crippen molar-refractivity contribution in [2.24, 2.45) is 0 Å². The number of nitrogens with zero attached hydrogens (tertiary/aromatic N) is 2. The Morgan fingerprint density at radius 2 is 1.91 bits per heavy atom. The number of nitrogens with one attached hydrogen (secondary N) is 1. The van der Waals surface area contributed by atoms with Crippen LogP contribution in [0.3, 0.4) is 0 Å². The summed E-state index contributed by atoms with van der Waals surface area (Å²) < 4.78 is 25.4. The number of aromatic nitrogens is 1. The predicted molar refractivity (Wildman–Crippen MR) is 89.3 cm³/mol. The van der Waals surface area contributed by atoms with Crippen molar-refractivity contribution in [1.29, 1.82) is 0 Å². The third-order valence-electron chi connectivity index (χ3n) is 3.11. The van der Waals surface area contributed by atoms with Gasteiger partial charge in [0.2, 0.25) is 10.0 Å². The first-order chi connectivity index (χ1) is 10.7. The molecule has 1 aromatic carbocycles. The zero-order valence-electron chi connectivity index (χ0n) is 12.9. The van der Waals surface area contributed by atoms with E-state index in [1.54, 1.807) is 18.3 Å². The molecule has 0 atom stereocenters. The molecule has 1 N–H and O–H groups in total. The maximum atomic E-state index is 12.3. The molecule has 0 aliphatic rings. The Bertz CT molecular complexity index is 834. The van der Waals surface area contributed by atoms with Gasteiger partial charge in [-0.05, 0) is 36.8 Å². The van der Waals surface area contributed by atoms with E-state index >= 15 is 0 Å². The van der Waals surface area contributed by atoms with E-state index in [1.807, 2.05) is 6.92 Å². The summed E-state index contributed by atoms with van der Waals surface area (Å²) in [6, 6.07) is 7.45. The van der Waals surface area contributed by atoms with Crippen molar-refractivity contribution in [1.82, 2.24) is 9.29 Å². The van der Waals surface area contributed by atoms with Crippen LogP contribution in [0.15, 0.2) is 41.4 Å². The van der Waals surface area contributed by atoms with Crippen LogP contribution in [0.4, 0.5) is 5.82 Å². The number of hydrogen-bond donors (Lipinski definition) is 1. The van der Waals surface area contributed by atoms with E-state index in [1.165, 1.54) is 32.3 Å². The van der Waals surface area contributed by atoms with Gasteiger partial charge in [0.15, 0.2) is 0 Å². The maximum Gasteiger partial charge on any atom is 0.258 e. The molecule has 1 heterocycles. The first-order valence-electron chi connectivity index (χ1n) is 6.68. The molecule has 1 aromatic heterocycles. The van der Waals surface area contributed by atoms with Crippen LogP contribution in [0.25, 0.3) is 0 Å². The van der Waals surface area contributed by atoms with Gasteiger partial charge in [-0.1, -0.05) is 17.7 Å². The summed E-state index contributed by atoms with van der Waals surface area (Å²) in [6.45, 7) is 1.88. The van der Waals surface area contributed by atoms with Gasteiger partial charge in [-0.3, -0.25) is 4.79 Å². The number of sulfonamides is 1. The third kappa shape index (κ3) is 3.87. The quantitative estimate of drug-likeness (QED) is 0.916. The molecule has 0 aliphatic heterocycles. The van der Waals surface area contributed by atoms with Gasteiger partial charge in [-0.25, -0.2) is 17.7 Å². The minimum Gasteiger partial charge on any atom is -0.307 e. The van der Waals surface area contributed by atoms with E-state index in [2.05, 4.69) is 10.3 Å². The SMILES string of the molecule is Cc1ccc(NC(=O)c2cc(S(=O)(=O)N(C)C)ccc2Cl)nc1. The molecule has 0 saturated heterocycles. The zero-order valence-corrected chi connectivity index (χ0v) is 14.4. The molecule has 0 aliphatic carbocycles. The second-order valence-corrected chi connectivity index (χ2v) is 7.66. The Morgan fingerprint density at radius 1 is 1.22 bits per heavy atom. The smallest absolute Gasteiger partial charge is 0.258 e. The second kappa shape index (κ2) is 6.66. The number of pyridine rings is 1. The van der Waals surface area contributed by atoms with E-state index in [0.717, 1.165) is 9.87 Å². The highest BCUT2D eigenvalue weighted by molar-refractivity contribution is 7.89. The van der Waals surface area contributed by atoms with E-state index < -0.39 is 15.9 Å². The largest absolute Gasteiger partial charge is 0.307 e. The first-order valence-corrected chi connectivity index (χ1v) is 8.49. The number of amides is 1. The van der Waals surface area contributed by atoms with E-state index in [-0.39, 0.29) is 15.5 Å². The lowest BCUT2D eigenvalue weighted by Gasteiger charge is -2.13. The number of rotatable bonds is 4. The van der Waals surface area contributed by atoms with Crippen LogP contribution < -0.4 is 5.32 Å². The fraction of sp³-hybridized carbons (Fsp3) is 0.200. The maximum absolute atomic E-state index is 12.3. The van der Waals surface area contributed by atoms with Gasteiger partial charge in [-0.2, -0.15) is 0 Å². The van der Waals surface area contributed by atoms with Gasteiger partial charge in [-0.15, -0.1) is 0 Å². The summed E-state index contributed by atoms with van der Waals surface area (Å²) in [5.41, 5.74) is 1.03. The van der Waals surface area contributed by atoms with Crippen LogP contribution in [0, 0.1) is 6.92 Å². The van der Waals surface area contributed by atoms with Crippen LogP contribution in [-0.4, -0.2) is 37.7 Å². The fourth-order valence-electron chi connectivity index (χ4n) is 1.78. The standard InChI is InChI=1S/C15H16ClN3O3S/c1-10-4-7-14(17-9-10)18-15(20)12-8-11(5-6-13(12)16)23(21,22)19(2)3/h4-9H,1-3H3,(H,17,18,20). The number of carbonyl (C=O) groups is 1. The van der Waals surface area contributed by atoms with Crippen LogP contribution in [0.2, 0.25) is 5.02 Å². The molecule has 0 spiro atoms. The monoisotopic (exact) mass is 353 g/mol. The molecule has 0 saturated carbocycles. The Morgan fingerprint density at radius 3 is 2.48 bits per heavy atom. The molecule has 0 fully saturated rings. The Kier molecular flexibility index (Phi) is 5.03. The van der Waals surface area contributed by atoms with Crippen LogP contribution >= 0.6 is 11.6 Å². The van der Waals surface area contributed by atoms with Crippen LogP contribution in [-0.2, 0) is 10.0 Å². The summed E-state index contributed by atoms with van der Waals surface area (Å²) in [6.07, 6.45) is 1.62. The van der Waals surface area contributed by atoms with Crippen molar-refractivity contribution in [3.05, 3.63) is 52.7 Å². The van der Waals surface area contributed by atoms with Crippen molar-refractivity contribution in [3.63, 3.8) is 0 Å². The molecule has 1 amide bonds. The van der Waals surface area contributed by atoms with Crippen molar-refractivity contribution >= 4 is 33.3 Å². The molecule has 0 bridgehead atoms. The van der Waals surface area contributed by atoms with Crippen molar-refractivity contribution in [2.45, 2.75) is 11.8 Å². The summed E-state index contributed by atoms with van der Waals surface area (Å²) >= 11 is 6.02. The predicted octanol–water partition coefficient (Wildman–Crippen LogP) is 2.55. The summed E-state index contributed by atoms with van der Waals surface area (Å²) in [4.78, 5) is 16.4. The van der Waals surface area contributed by atoms with Crippen molar-refractivity contribution in [3.8, 4) is 0 Å². The topological polar surface area (TPSA) is 79.4 Å². The van der Waals surface area contributed by atoms with Gasteiger partial charge in [0.05, 0.1) is 15.5 Å². The van der Waals surface area contributed by atoms with Gasteiger partial charge >= 0.3 is 0 Å². The van der Waals surface area contributed by atoms with Crippen molar-refractivity contribution in [2.75, 3.05) is 19.4 Å². The zero-order chi connectivity index (χ0) is 17.2. The average Bonchev–Trinajstić information content (AvgIpc) is 2.49. The van der Waals surface area contributed by atoms with E-state index in [9.17, 15) is 13.2 Å². The van der Waals surface area contributed by atoms with Gasteiger partial charge < -0.3 is 5.32 Å². The molecule has 2 rings (SSSR count). The third-order valence-corrected chi connectivity index (χ3v) is 5.25. The molecule has 0 radical (unpaired) electrons. The number of aryl methyl sites for hydroxylation is 1. The molecule has 2 aromatic rings. The van der Waals surface area contributed by atoms with Crippen LogP contribution in [0.5, 0.6) is 0 Å². The average molecular weight is 354 g/mol. The lowest BCUT2D eigenvalue weighted by molar-refractivity contribution is 0.102. The van der Waals surface area contributed by atoms with Crippen LogP contribution in [0.1, 0.15) is 15.9 Å². The molecule has 23 heavy (non-hydrogen) atoms. The Hall–Kier alpha value is -1.96. The first kappa shape index (κ1) is 17.4. The molecule has 6 nitrogen and oxygen atoms in total. The number of hydrogen-bond acceptors (Lipinski definition) is 4. The normalized spacial score (nSPS) is 11.5. The number of halogens is 1. The van der Waals surface area contributed by atoms with E-state index in [0.29, 0.717) is 5.82 Å². The highest BCUT2D eigenvalue weighted by Crippen LogP contribution is 2.23. The number of carbonyl (C=O) groups excluding carboxylic acids is 1. The molecule has 122 valence electrons. The fourth-order valence-corrected chi connectivity index (χ4v) is 2.91. The number of benzene rings is 1. The molecule has 0 unspecified atom stereocenters. The highest BCUT2D eigenvalue weighted by atomic mass is 35.5. The lowest BCUT2D eigenvalue weighted by atomic mass is 10.2. The highest BCUT2D eigenvalue weighted by Gasteiger charge is 2.21. The van der Waals surface area contributed by atoms with Crippen molar-refractivity contribution < 1.29 is 13.2 Å².